The Morgan fingerprint density at radius 3 is 1.32 bits per heavy atom. The van der Waals surface area contributed by atoms with Crippen LogP contribution >= 0.6 is 35.0 Å². The molecule has 4 rings (SSSR count). The molecule has 0 spiro atoms. The molecule has 0 amide bonds. The van der Waals surface area contributed by atoms with Crippen molar-refractivity contribution in [3.05, 3.63) is 114 Å². The van der Waals surface area contributed by atoms with E-state index in [1.54, 1.807) is 0 Å². The lowest BCUT2D eigenvalue weighted by atomic mass is 10.0. The number of nitro benzene ring substituents is 2. The quantitative estimate of drug-likeness (QED) is 0.132. The third kappa shape index (κ3) is 5.10. The monoisotopic (exact) mass is 568 g/mol. The lowest BCUT2D eigenvalue weighted by Gasteiger charge is -2.13. The van der Waals surface area contributed by atoms with Crippen LogP contribution in [0.1, 0.15) is 0 Å². The predicted octanol–water partition coefficient (Wildman–Crippen LogP) is 8.85. The number of benzene rings is 4. The molecule has 0 aliphatic heterocycles. The van der Waals surface area contributed by atoms with Crippen LogP contribution in [0.3, 0.4) is 0 Å². The molecule has 0 fully saturated rings. The van der Waals surface area contributed by atoms with Gasteiger partial charge in [-0.3, -0.25) is 20.2 Å². The van der Waals surface area contributed by atoms with Crippen LogP contribution in [-0.4, -0.2) is 9.85 Å². The molecule has 6 nitrogen and oxygen atoms in total. The second kappa shape index (κ2) is 10.4. The van der Waals surface area contributed by atoms with E-state index in [-0.39, 0.29) is 42.3 Å². The van der Waals surface area contributed by atoms with E-state index in [0.717, 1.165) is 60.7 Å². The van der Waals surface area contributed by atoms with Gasteiger partial charge in [0.2, 0.25) is 0 Å². The van der Waals surface area contributed by atoms with E-state index in [0.29, 0.717) is 11.8 Å². The fourth-order valence-corrected chi connectivity index (χ4v) is 4.91. The first-order valence-electron chi connectivity index (χ1n) is 10.0. The van der Waals surface area contributed by atoms with E-state index in [9.17, 15) is 29.0 Å². The van der Waals surface area contributed by atoms with Gasteiger partial charge < -0.3 is 0 Å². The van der Waals surface area contributed by atoms with E-state index in [1.165, 1.54) is 0 Å². The number of non-ortho nitro benzene ring substituents is 2. The smallest absolute Gasteiger partial charge is 0.258 e. The molecule has 188 valence electrons. The maximum absolute atomic E-state index is 15.4. The molecule has 0 unspecified atom stereocenters. The molecule has 0 saturated carbocycles. The third-order valence-electron chi connectivity index (χ3n) is 5.20. The molecule has 0 atom stereocenters. The highest BCUT2D eigenvalue weighted by atomic mass is 35.5. The summed E-state index contributed by atoms with van der Waals surface area (Å²) >= 11 is 12.6. The average molecular weight is 569 g/mol. The molecule has 0 aromatic heterocycles. The molecular formula is C24H10Cl2F4N2O4S. The van der Waals surface area contributed by atoms with Gasteiger partial charge in [0.05, 0.1) is 31.0 Å². The van der Waals surface area contributed by atoms with Gasteiger partial charge in [0.25, 0.3) is 11.4 Å². The van der Waals surface area contributed by atoms with Gasteiger partial charge in [0.15, 0.2) is 0 Å². The van der Waals surface area contributed by atoms with Crippen LogP contribution in [0.25, 0.3) is 22.3 Å². The minimum atomic E-state index is -1.13. The Kier molecular flexibility index (Phi) is 7.39. The van der Waals surface area contributed by atoms with E-state index < -0.39 is 44.2 Å². The van der Waals surface area contributed by atoms with Gasteiger partial charge in [-0.2, -0.15) is 0 Å². The van der Waals surface area contributed by atoms with Crippen molar-refractivity contribution < 1.29 is 27.4 Å². The molecule has 0 heterocycles. The second-order valence-electron chi connectivity index (χ2n) is 7.41. The number of hydrogen-bond donors (Lipinski definition) is 0. The van der Waals surface area contributed by atoms with Gasteiger partial charge in [-0.15, -0.1) is 0 Å². The highest BCUT2D eigenvalue weighted by Gasteiger charge is 2.24. The summed E-state index contributed by atoms with van der Waals surface area (Å²) in [6.07, 6.45) is 0. The molecular weight excluding hydrogens is 559 g/mol. The molecule has 4 aromatic rings. The highest BCUT2D eigenvalue weighted by Crippen LogP contribution is 2.43. The van der Waals surface area contributed by atoms with Crippen molar-refractivity contribution >= 4 is 46.3 Å². The van der Waals surface area contributed by atoms with Gasteiger partial charge in [-0.05, 0) is 36.4 Å². The molecule has 0 aliphatic carbocycles. The van der Waals surface area contributed by atoms with E-state index in [1.807, 2.05) is 0 Å². The van der Waals surface area contributed by atoms with E-state index >= 15 is 8.78 Å². The summed E-state index contributed by atoms with van der Waals surface area (Å²) in [5.41, 5.74) is -2.28. The average Bonchev–Trinajstić information content (AvgIpc) is 2.84. The van der Waals surface area contributed by atoms with Crippen molar-refractivity contribution in [3.8, 4) is 22.3 Å². The number of hydrogen-bond acceptors (Lipinski definition) is 5. The van der Waals surface area contributed by atoms with Gasteiger partial charge in [-0.25, -0.2) is 17.6 Å². The van der Waals surface area contributed by atoms with Crippen LogP contribution in [0.2, 0.25) is 10.0 Å². The Morgan fingerprint density at radius 1 is 0.622 bits per heavy atom. The summed E-state index contributed by atoms with van der Waals surface area (Å²) in [5, 5.41) is 21.3. The fraction of sp³-hybridized carbons (Fsp3) is 0. The summed E-state index contributed by atoms with van der Waals surface area (Å²) in [6, 6.07) is 10.0. The first-order valence-corrected chi connectivity index (χ1v) is 11.6. The second-order valence-corrected chi connectivity index (χ2v) is 9.31. The molecule has 4 aromatic carbocycles. The molecule has 0 radical (unpaired) electrons. The maximum Gasteiger partial charge on any atom is 0.270 e. The Balaban J connectivity index is 1.78. The van der Waals surface area contributed by atoms with Crippen molar-refractivity contribution in [1.29, 1.82) is 0 Å². The Hall–Kier alpha value is -3.67. The molecule has 0 bridgehead atoms. The summed E-state index contributed by atoms with van der Waals surface area (Å²) in [4.78, 5) is 19.9. The topological polar surface area (TPSA) is 86.3 Å². The predicted molar refractivity (Wildman–Crippen MR) is 131 cm³/mol. The SMILES string of the molecule is O=[N+]([O-])c1ccc(-c2c(F)ccc(Sc3ccc(F)c(-c4ccc([N+](=O)[O-])cc4Cl)c3F)c2F)c(Cl)c1. The van der Waals surface area contributed by atoms with Crippen LogP contribution in [0.4, 0.5) is 28.9 Å². The first kappa shape index (κ1) is 26.4. The number of nitrogens with zero attached hydrogens (tertiary/aromatic N) is 2. The summed E-state index contributed by atoms with van der Waals surface area (Å²) < 4.78 is 60.1. The summed E-state index contributed by atoms with van der Waals surface area (Å²) in [6.45, 7) is 0. The van der Waals surface area contributed by atoms with Crippen LogP contribution in [0.15, 0.2) is 70.5 Å². The lowest BCUT2D eigenvalue weighted by Crippen LogP contribution is -1.97. The number of halogens is 6. The van der Waals surface area contributed by atoms with Crippen molar-refractivity contribution in [2.24, 2.45) is 0 Å². The van der Waals surface area contributed by atoms with E-state index in [4.69, 9.17) is 23.2 Å². The number of rotatable bonds is 6. The van der Waals surface area contributed by atoms with Gasteiger partial charge in [0.1, 0.15) is 23.3 Å². The zero-order valence-corrected chi connectivity index (χ0v) is 20.3. The minimum absolute atomic E-state index is 0.164. The molecule has 0 saturated heterocycles. The van der Waals surface area contributed by atoms with Crippen molar-refractivity contribution in [1.82, 2.24) is 0 Å². The van der Waals surface area contributed by atoms with Gasteiger partial charge in [0, 0.05) is 45.2 Å². The van der Waals surface area contributed by atoms with Crippen molar-refractivity contribution in [3.63, 3.8) is 0 Å². The van der Waals surface area contributed by atoms with Crippen LogP contribution in [0, 0.1) is 43.5 Å². The standard InChI is InChI=1S/C24H10Cl2F4N2O4S/c25-15-9-11(31(33)34)1-3-13(15)21-17(27)5-7-19(23(21)29)37-20-8-6-18(28)22(24(20)30)14-4-2-12(32(35)36)10-16(14)26/h1-10H. The van der Waals surface area contributed by atoms with Gasteiger partial charge in [-0.1, -0.05) is 35.0 Å². The zero-order valence-electron chi connectivity index (χ0n) is 18.0. The minimum Gasteiger partial charge on any atom is -0.258 e. The van der Waals surface area contributed by atoms with Crippen LogP contribution in [-0.2, 0) is 0 Å². The zero-order chi connectivity index (χ0) is 27.0. The van der Waals surface area contributed by atoms with Crippen LogP contribution in [0.5, 0.6) is 0 Å². The molecule has 37 heavy (non-hydrogen) atoms. The fourth-order valence-electron chi connectivity index (χ4n) is 3.48. The normalized spacial score (nSPS) is 11.0. The van der Waals surface area contributed by atoms with E-state index in [2.05, 4.69) is 0 Å². The summed E-state index contributed by atoms with van der Waals surface area (Å²) in [7, 11) is 0. The Labute approximate surface area is 219 Å². The highest BCUT2D eigenvalue weighted by molar-refractivity contribution is 7.99. The first-order chi connectivity index (χ1) is 17.5. The van der Waals surface area contributed by atoms with Crippen molar-refractivity contribution in [2.75, 3.05) is 0 Å². The maximum atomic E-state index is 15.4. The van der Waals surface area contributed by atoms with Crippen molar-refractivity contribution in [2.45, 2.75) is 9.79 Å². The van der Waals surface area contributed by atoms with Gasteiger partial charge >= 0.3 is 0 Å². The van der Waals surface area contributed by atoms with Crippen LogP contribution < -0.4 is 0 Å². The molecule has 0 N–H and O–H groups in total. The summed E-state index contributed by atoms with van der Waals surface area (Å²) in [5.74, 6) is -4.29. The molecule has 13 heteroatoms. The molecule has 0 aliphatic rings. The third-order valence-corrected chi connectivity index (χ3v) is 6.89. The number of nitro groups is 2. The lowest BCUT2D eigenvalue weighted by molar-refractivity contribution is -0.385. The Bertz CT molecular complexity index is 1490. The Morgan fingerprint density at radius 2 is 1.00 bits per heavy atom. The largest absolute Gasteiger partial charge is 0.270 e.